The Hall–Kier alpha value is -5.50. The lowest BCUT2D eigenvalue weighted by Crippen LogP contribution is -2.47. The maximum Gasteiger partial charge on any atom is 0.416 e. The summed E-state index contributed by atoms with van der Waals surface area (Å²) in [5.41, 5.74) is 2.83. The van der Waals surface area contributed by atoms with E-state index in [-0.39, 0.29) is 23.8 Å². The molecule has 0 bridgehead atoms. The molecule has 1 unspecified atom stereocenters. The van der Waals surface area contributed by atoms with Crippen molar-refractivity contribution in [2.75, 3.05) is 25.0 Å². The molecule has 266 valence electrons. The zero-order chi connectivity index (χ0) is 36.4. The fraction of sp³-hybridized carbons (Fsp3) is 0.263. The molecule has 0 aliphatic carbocycles. The predicted octanol–water partition coefficient (Wildman–Crippen LogP) is 7.15. The molecule has 0 radical (unpaired) electrons. The van der Waals surface area contributed by atoms with Gasteiger partial charge in [0.05, 0.1) is 17.3 Å². The molecule has 2 saturated heterocycles. The van der Waals surface area contributed by atoms with Crippen molar-refractivity contribution in [2.24, 2.45) is 0 Å². The molecule has 10 nitrogen and oxygen atoms in total. The fourth-order valence-corrected chi connectivity index (χ4v) is 7.57. The Kier molecular flexibility index (Phi) is 9.82. The molecule has 3 aromatic carbocycles. The molecule has 3 amide bonds. The molecule has 14 heteroatoms. The number of alkyl halides is 3. The van der Waals surface area contributed by atoms with E-state index in [1.54, 1.807) is 40.0 Å². The number of piperidine rings is 1. The number of likely N-dealkylation sites (tertiary alicyclic amines) is 2. The Bertz CT molecular complexity index is 2120. The van der Waals surface area contributed by atoms with E-state index in [9.17, 15) is 27.6 Å². The number of benzene rings is 3. The molecule has 1 atom stereocenters. The number of para-hydroxylation sites is 1. The summed E-state index contributed by atoms with van der Waals surface area (Å²) in [6.07, 6.45) is 0.496. The van der Waals surface area contributed by atoms with Gasteiger partial charge in [-0.25, -0.2) is 9.67 Å². The maximum absolute atomic E-state index is 13.7. The van der Waals surface area contributed by atoms with Gasteiger partial charge in [0.15, 0.2) is 0 Å². The Morgan fingerprint density at radius 1 is 0.885 bits per heavy atom. The second-order valence-electron chi connectivity index (χ2n) is 12.8. The van der Waals surface area contributed by atoms with Crippen LogP contribution in [0.2, 0.25) is 0 Å². The van der Waals surface area contributed by atoms with Crippen molar-refractivity contribution in [1.82, 2.24) is 29.8 Å². The smallest absolute Gasteiger partial charge is 0.338 e. The van der Waals surface area contributed by atoms with Gasteiger partial charge in [0.1, 0.15) is 16.8 Å². The summed E-state index contributed by atoms with van der Waals surface area (Å²) in [6, 6.07) is 22.4. The normalized spacial score (nSPS) is 16.7. The number of nitrogens with zero attached hydrogens (tertiary/aromatic N) is 6. The summed E-state index contributed by atoms with van der Waals surface area (Å²) in [5.74, 6) is -0.541. The van der Waals surface area contributed by atoms with Gasteiger partial charge in [0.2, 0.25) is 5.91 Å². The van der Waals surface area contributed by atoms with Gasteiger partial charge in [-0.15, -0.1) is 5.10 Å². The van der Waals surface area contributed by atoms with Crippen molar-refractivity contribution >= 4 is 35.2 Å². The average Bonchev–Trinajstić information content (AvgIpc) is 3.79. The van der Waals surface area contributed by atoms with Gasteiger partial charge in [-0.1, -0.05) is 53.4 Å². The highest BCUT2D eigenvalue weighted by atomic mass is 32.2. The van der Waals surface area contributed by atoms with Crippen molar-refractivity contribution in [3.63, 3.8) is 0 Å². The molecule has 2 aliphatic heterocycles. The van der Waals surface area contributed by atoms with Gasteiger partial charge in [-0.05, 0) is 80.3 Å². The highest BCUT2D eigenvalue weighted by molar-refractivity contribution is 7.99. The number of carbonyl (C=O) groups is 3. The minimum absolute atomic E-state index is 0.0554. The molecular weight excluding hydrogens is 692 g/mol. The maximum atomic E-state index is 13.7. The van der Waals surface area contributed by atoms with Crippen LogP contribution < -0.4 is 5.32 Å². The summed E-state index contributed by atoms with van der Waals surface area (Å²) < 4.78 is 41.4. The first-order valence-corrected chi connectivity index (χ1v) is 17.7. The average molecular weight is 726 g/mol. The molecular formula is C38H34F3N7O3S. The van der Waals surface area contributed by atoms with Crippen LogP contribution in [0.25, 0.3) is 11.3 Å². The SMILES string of the molecule is Cc1ccc(-c2cn(C3CCN(C4CCN(C(=O)c5cccnc5Sc5cccc(C(F)(F)F)c5)CC4)C3=O)nn2)cc1C(=O)Nc1ccccc1. The molecule has 4 heterocycles. The summed E-state index contributed by atoms with van der Waals surface area (Å²) in [6.45, 7) is 3.25. The van der Waals surface area contributed by atoms with Crippen LogP contribution in [-0.4, -0.2) is 73.2 Å². The van der Waals surface area contributed by atoms with Crippen LogP contribution in [0.5, 0.6) is 0 Å². The third-order valence-electron chi connectivity index (χ3n) is 9.42. The van der Waals surface area contributed by atoms with E-state index in [2.05, 4.69) is 20.6 Å². The minimum Gasteiger partial charge on any atom is -0.338 e. The highest BCUT2D eigenvalue weighted by Crippen LogP contribution is 2.36. The van der Waals surface area contributed by atoms with Crippen molar-refractivity contribution in [1.29, 1.82) is 0 Å². The lowest BCUT2D eigenvalue weighted by Gasteiger charge is -2.37. The van der Waals surface area contributed by atoms with E-state index < -0.39 is 17.8 Å². The number of amides is 3. The van der Waals surface area contributed by atoms with E-state index >= 15 is 0 Å². The van der Waals surface area contributed by atoms with E-state index in [4.69, 9.17) is 0 Å². The zero-order valence-electron chi connectivity index (χ0n) is 28.1. The number of hydrogen-bond acceptors (Lipinski definition) is 7. The van der Waals surface area contributed by atoms with Gasteiger partial charge in [-0.3, -0.25) is 14.4 Å². The van der Waals surface area contributed by atoms with Crippen LogP contribution in [0.1, 0.15) is 57.1 Å². The predicted molar refractivity (Wildman–Crippen MR) is 189 cm³/mol. The molecule has 2 fully saturated rings. The van der Waals surface area contributed by atoms with Crippen LogP contribution in [0.15, 0.2) is 107 Å². The molecule has 7 rings (SSSR count). The number of aryl methyl sites for hydroxylation is 1. The standard InChI is InChI=1S/C38H34F3N7O3S/c1-24-12-13-25(21-31(24)34(49)43-27-8-3-2-4-9-27)32-23-48(45-44-32)33-16-20-47(37(33)51)28-14-18-46(19-15-28)36(50)30-11-6-17-42-35(30)52-29-10-5-7-26(22-29)38(39,40)41/h2-13,17,21-23,28,33H,14-16,18-20H2,1H3,(H,43,49). The number of aromatic nitrogens is 4. The van der Waals surface area contributed by atoms with E-state index in [1.165, 1.54) is 12.3 Å². The number of carbonyl (C=O) groups excluding carboxylic acids is 3. The van der Waals surface area contributed by atoms with Crippen molar-refractivity contribution in [3.05, 3.63) is 120 Å². The van der Waals surface area contributed by atoms with Crippen molar-refractivity contribution in [3.8, 4) is 11.3 Å². The number of anilines is 1. The minimum atomic E-state index is -4.48. The molecule has 5 aromatic rings. The Labute approximate surface area is 302 Å². The molecule has 2 aliphatic rings. The quantitative estimate of drug-likeness (QED) is 0.181. The topological polar surface area (TPSA) is 113 Å². The number of pyridine rings is 1. The Balaban J connectivity index is 0.973. The lowest BCUT2D eigenvalue weighted by atomic mass is 10.0. The fourth-order valence-electron chi connectivity index (χ4n) is 6.64. The Morgan fingerprint density at radius 2 is 1.67 bits per heavy atom. The van der Waals surface area contributed by atoms with Gasteiger partial charge in [0.25, 0.3) is 11.8 Å². The number of nitrogens with one attached hydrogen (secondary N) is 1. The second kappa shape index (κ2) is 14.6. The highest BCUT2D eigenvalue weighted by Gasteiger charge is 2.39. The molecule has 52 heavy (non-hydrogen) atoms. The second-order valence-corrected chi connectivity index (χ2v) is 13.8. The summed E-state index contributed by atoms with van der Waals surface area (Å²) in [5, 5.41) is 11.9. The van der Waals surface area contributed by atoms with E-state index in [1.807, 2.05) is 54.3 Å². The van der Waals surface area contributed by atoms with Gasteiger partial charge in [-0.2, -0.15) is 13.2 Å². The first-order valence-electron chi connectivity index (χ1n) is 16.8. The number of hydrogen-bond donors (Lipinski definition) is 1. The third kappa shape index (κ3) is 7.42. The monoisotopic (exact) mass is 725 g/mol. The van der Waals surface area contributed by atoms with Crippen LogP contribution in [0.3, 0.4) is 0 Å². The van der Waals surface area contributed by atoms with Gasteiger partial charge in [0, 0.05) is 53.6 Å². The first kappa shape index (κ1) is 34.9. The summed E-state index contributed by atoms with van der Waals surface area (Å²) in [4.78, 5) is 48.6. The lowest BCUT2D eigenvalue weighted by molar-refractivity contribution is -0.137. The van der Waals surface area contributed by atoms with E-state index in [0.29, 0.717) is 76.9 Å². The van der Waals surface area contributed by atoms with Crippen LogP contribution in [0.4, 0.5) is 18.9 Å². The van der Waals surface area contributed by atoms with Crippen LogP contribution in [0, 0.1) is 6.92 Å². The number of halogens is 3. The van der Waals surface area contributed by atoms with Gasteiger partial charge >= 0.3 is 6.18 Å². The third-order valence-corrected chi connectivity index (χ3v) is 10.4. The molecule has 0 saturated carbocycles. The van der Waals surface area contributed by atoms with Crippen LogP contribution in [-0.2, 0) is 11.0 Å². The molecule has 2 aromatic heterocycles. The van der Waals surface area contributed by atoms with Gasteiger partial charge < -0.3 is 15.1 Å². The Morgan fingerprint density at radius 3 is 2.44 bits per heavy atom. The summed E-state index contributed by atoms with van der Waals surface area (Å²) in [7, 11) is 0. The van der Waals surface area contributed by atoms with Crippen LogP contribution >= 0.6 is 11.8 Å². The number of rotatable bonds is 8. The first-order chi connectivity index (χ1) is 25.0. The van der Waals surface area contributed by atoms with E-state index in [0.717, 1.165) is 29.5 Å². The zero-order valence-corrected chi connectivity index (χ0v) is 28.9. The van der Waals surface area contributed by atoms with Crippen molar-refractivity contribution < 1.29 is 27.6 Å². The van der Waals surface area contributed by atoms with Crippen molar-refractivity contribution in [2.45, 2.75) is 54.4 Å². The molecule has 1 N–H and O–H groups in total. The summed E-state index contributed by atoms with van der Waals surface area (Å²) >= 11 is 1.02. The largest absolute Gasteiger partial charge is 0.416 e. The molecule has 0 spiro atoms.